The zero-order valence-electron chi connectivity index (χ0n) is 12.3. The first kappa shape index (κ1) is 15.1. The Labute approximate surface area is 124 Å². The smallest absolute Gasteiger partial charge is 0.323 e. The van der Waals surface area contributed by atoms with Crippen LogP contribution in [0.2, 0.25) is 0 Å². The predicted molar refractivity (Wildman–Crippen MR) is 82.2 cm³/mol. The van der Waals surface area contributed by atoms with Gasteiger partial charge in [0.1, 0.15) is 6.54 Å². The molecule has 0 saturated heterocycles. The van der Waals surface area contributed by atoms with Crippen molar-refractivity contribution in [3.8, 4) is 0 Å². The Morgan fingerprint density at radius 3 is 2.33 bits per heavy atom. The summed E-state index contributed by atoms with van der Waals surface area (Å²) in [7, 11) is 3.93. The third-order valence-electron chi connectivity index (χ3n) is 3.40. The van der Waals surface area contributed by atoms with E-state index in [2.05, 4.69) is 0 Å². The van der Waals surface area contributed by atoms with Crippen molar-refractivity contribution >= 4 is 23.6 Å². The maximum absolute atomic E-state index is 12.1. The molecule has 1 aromatic carbocycles. The lowest BCUT2D eigenvalue weighted by Crippen LogP contribution is -2.36. The summed E-state index contributed by atoms with van der Waals surface area (Å²) in [5.74, 6) is -1.21. The Bertz CT molecular complexity index is 545. The average molecular weight is 288 g/mol. The van der Waals surface area contributed by atoms with E-state index in [0.717, 1.165) is 24.1 Å². The standard InChI is InChI=1S/C16H20N2O3/c1-17(2)13-6-3-12(4-7-13)5-10-15(19)18(11-16(20)21)14-8-9-14/h3-7,10,14H,8-9,11H2,1-2H3,(H,20,21). The maximum Gasteiger partial charge on any atom is 0.323 e. The highest BCUT2D eigenvalue weighted by molar-refractivity contribution is 5.94. The summed E-state index contributed by atoms with van der Waals surface area (Å²) in [4.78, 5) is 26.3. The van der Waals surface area contributed by atoms with E-state index in [4.69, 9.17) is 5.11 Å². The van der Waals surface area contributed by atoms with Crippen molar-refractivity contribution in [2.75, 3.05) is 25.5 Å². The van der Waals surface area contributed by atoms with Gasteiger partial charge < -0.3 is 14.9 Å². The van der Waals surface area contributed by atoms with Gasteiger partial charge in [0.15, 0.2) is 0 Å². The molecule has 1 N–H and O–H groups in total. The molecule has 1 aromatic rings. The van der Waals surface area contributed by atoms with Gasteiger partial charge in [0, 0.05) is 31.9 Å². The third-order valence-corrected chi connectivity index (χ3v) is 3.40. The van der Waals surface area contributed by atoms with Gasteiger partial charge in [0.05, 0.1) is 0 Å². The number of anilines is 1. The Balaban J connectivity index is 2.01. The number of carboxylic acids is 1. The number of carbonyl (C=O) groups excluding carboxylic acids is 1. The fourth-order valence-corrected chi connectivity index (χ4v) is 2.07. The lowest BCUT2D eigenvalue weighted by atomic mass is 10.2. The van der Waals surface area contributed by atoms with Gasteiger partial charge in [-0.1, -0.05) is 12.1 Å². The minimum absolute atomic E-state index is 0.0920. The van der Waals surface area contributed by atoms with E-state index >= 15 is 0 Å². The number of hydrogen-bond donors (Lipinski definition) is 1. The largest absolute Gasteiger partial charge is 0.480 e. The third kappa shape index (κ3) is 4.34. The van der Waals surface area contributed by atoms with Crippen LogP contribution in [0.4, 0.5) is 5.69 Å². The number of nitrogens with zero attached hydrogens (tertiary/aromatic N) is 2. The van der Waals surface area contributed by atoms with Crippen LogP contribution in [0.25, 0.3) is 6.08 Å². The first-order valence-corrected chi connectivity index (χ1v) is 6.95. The molecular weight excluding hydrogens is 268 g/mol. The molecule has 0 aromatic heterocycles. The van der Waals surface area contributed by atoms with Crippen molar-refractivity contribution in [2.45, 2.75) is 18.9 Å². The number of benzene rings is 1. The van der Waals surface area contributed by atoms with E-state index < -0.39 is 5.97 Å². The molecule has 0 spiro atoms. The molecule has 1 saturated carbocycles. The van der Waals surface area contributed by atoms with Gasteiger partial charge in [-0.25, -0.2) is 0 Å². The Hall–Kier alpha value is -2.30. The first-order chi connectivity index (χ1) is 9.97. The second-order valence-corrected chi connectivity index (χ2v) is 5.41. The molecule has 0 bridgehead atoms. The summed E-state index contributed by atoms with van der Waals surface area (Å²) in [5, 5.41) is 8.85. The van der Waals surface area contributed by atoms with Gasteiger partial charge in [-0.3, -0.25) is 9.59 Å². The van der Waals surface area contributed by atoms with E-state index in [1.807, 2.05) is 43.3 Å². The van der Waals surface area contributed by atoms with Gasteiger partial charge in [-0.15, -0.1) is 0 Å². The van der Waals surface area contributed by atoms with E-state index in [1.54, 1.807) is 6.08 Å². The number of aliphatic carboxylic acids is 1. The Morgan fingerprint density at radius 2 is 1.86 bits per heavy atom. The zero-order valence-corrected chi connectivity index (χ0v) is 12.3. The van der Waals surface area contributed by atoms with Crippen molar-refractivity contribution in [1.82, 2.24) is 4.90 Å². The molecular formula is C16H20N2O3. The molecule has 2 rings (SSSR count). The quantitative estimate of drug-likeness (QED) is 0.811. The van der Waals surface area contributed by atoms with Crippen LogP contribution in [0, 0.1) is 0 Å². The van der Waals surface area contributed by atoms with Gasteiger partial charge in [0.2, 0.25) is 5.91 Å². The van der Waals surface area contributed by atoms with Gasteiger partial charge >= 0.3 is 5.97 Å². The number of hydrogen-bond acceptors (Lipinski definition) is 3. The molecule has 1 aliphatic carbocycles. The highest BCUT2D eigenvalue weighted by atomic mass is 16.4. The molecule has 0 heterocycles. The summed E-state index contributed by atoms with van der Waals surface area (Å²) < 4.78 is 0. The molecule has 0 atom stereocenters. The molecule has 112 valence electrons. The summed E-state index contributed by atoms with van der Waals surface area (Å²) in [6, 6.07) is 7.89. The van der Waals surface area contributed by atoms with Crippen LogP contribution in [-0.2, 0) is 9.59 Å². The number of amides is 1. The second kappa shape index (κ2) is 6.43. The van der Waals surface area contributed by atoms with Crippen molar-refractivity contribution < 1.29 is 14.7 Å². The SMILES string of the molecule is CN(C)c1ccc(C=CC(=O)N(CC(=O)O)C2CC2)cc1. The lowest BCUT2D eigenvalue weighted by Gasteiger charge is -2.18. The zero-order chi connectivity index (χ0) is 15.4. The molecule has 0 unspecified atom stereocenters. The molecule has 5 nitrogen and oxygen atoms in total. The normalized spacial score (nSPS) is 14.2. The fraction of sp³-hybridized carbons (Fsp3) is 0.375. The molecule has 1 amide bonds. The monoisotopic (exact) mass is 288 g/mol. The van der Waals surface area contributed by atoms with Crippen LogP contribution in [0.5, 0.6) is 0 Å². The van der Waals surface area contributed by atoms with Gasteiger partial charge in [-0.05, 0) is 36.6 Å². The van der Waals surface area contributed by atoms with Crippen LogP contribution in [0.15, 0.2) is 30.3 Å². The van der Waals surface area contributed by atoms with Gasteiger partial charge in [0.25, 0.3) is 0 Å². The molecule has 1 aliphatic rings. The van der Waals surface area contributed by atoms with Crippen molar-refractivity contribution in [3.05, 3.63) is 35.9 Å². The summed E-state index contributed by atoms with van der Waals surface area (Å²) in [6.07, 6.45) is 4.96. The molecule has 0 radical (unpaired) electrons. The molecule has 1 fully saturated rings. The lowest BCUT2D eigenvalue weighted by molar-refractivity contribution is -0.143. The Morgan fingerprint density at radius 1 is 1.24 bits per heavy atom. The van der Waals surface area contributed by atoms with Crippen LogP contribution in [-0.4, -0.2) is 48.6 Å². The second-order valence-electron chi connectivity index (χ2n) is 5.41. The number of carbonyl (C=O) groups is 2. The van der Waals surface area contributed by atoms with Crippen LogP contribution < -0.4 is 4.90 Å². The summed E-state index contributed by atoms with van der Waals surface area (Å²) in [6.45, 7) is -0.229. The fourth-order valence-electron chi connectivity index (χ4n) is 2.07. The topological polar surface area (TPSA) is 60.9 Å². The van der Waals surface area contributed by atoms with Crippen LogP contribution in [0.3, 0.4) is 0 Å². The molecule has 0 aliphatic heterocycles. The van der Waals surface area contributed by atoms with E-state index in [1.165, 1.54) is 11.0 Å². The average Bonchev–Trinajstić information content (AvgIpc) is 3.27. The minimum Gasteiger partial charge on any atom is -0.480 e. The highest BCUT2D eigenvalue weighted by Crippen LogP contribution is 2.27. The van der Waals surface area contributed by atoms with Crippen LogP contribution in [0.1, 0.15) is 18.4 Å². The van der Waals surface area contributed by atoms with E-state index in [0.29, 0.717) is 0 Å². The molecule has 5 heteroatoms. The van der Waals surface area contributed by atoms with E-state index in [-0.39, 0.29) is 18.5 Å². The van der Waals surface area contributed by atoms with Crippen molar-refractivity contribution in [3.63, 3.8) is 0 Å². The summed E-state index contributed by atoms with van der Waals surface area (Å²) in [5.41, 5.74) is 2.00. The number of carboxylic acid groups (broad SMARTS) is 1. The predicted octanol–water partition coefficient (Wildman–Crippen LogP) is 1.84. The highest BCUT2D eigenvalue weighted by Gasteiger charge is 2.32. The van der Waals surface area contributed by atoms with Gasteiger partial charge in [-0.2, -0.15) is 0 Å². The molecule has 21 heavy (non-hydrogen) atoms. The van der Waals surface area contributed by atoms with Crippen LogP contribution >= 0.6 is 0 Å². The minimum atomic E-state index is -0.973. The maximum atomic E-state index is 12.1. The van der Waals surface area contributed by atoms with Crippen molar-refractivity contribution in [1.29, 1.82) is 0 Å². The van der Waals surface area contributed by atoms with Crippen molar-refractivity contribution in [2.24, 2.45) is 0 Å². The number of rotatable bonds is 6. The summed E-state index contributed by atoms with van der Waals surface area (Å²) >= 11 is 0. The first-order valence-electron chi connectivity index (χ1n) is 6.95. The Kier molecular flexibility index (Phi) is 4.62. The van der Waals surface area contributed by atoms with E-state index in [9.17, 15) is 9.59 Å².